The van der Waals surface area contributed by atoms with Crippen molar-refractivity contribution >= 4 is 44.2 Å². The van der Waals surface area contributed by atoms with Crippen molar-refractivity contribution in [2.24, 2.45) is 0 Å². The van der Waals surface area contributed by atoms with Crippen LogP contribution in [-0.2, 0) is 6.54 Å². The van der Waals surface area contributed by atoms with E-state index in [2.05, 4.69) is 15.4 Å². The third-order valence-corrected chi connectivity index (χ3v) is 4.60. The van der Waals surface area contributed by atoms with Gasteiger partial charge in [0.15, 0.2) is 5.13 Å². The Balaban J connectivity index is 1.93. The second kappa shape index (κ2) is 5.46. The number of amides is 1. The number of thiazole rings is 1. The lowest BCUT2D eigenvalue weighted by atomic mass is 10.2. The largest absolute Gasteiger partial charge is 0.296 e. The number of carbonyl (C=O) groups is 1. The number of rotatable bonds is 3. The maximum atomic E-state index is 12.3. The van der Waals surface area contributed by atoms with Crippen LogP contribution in [-0.4, -0.2) is 20.7 Å². The van der Waals surface area contributed by atoms with Crippen LogP contribution in [0.3, 0.4) is 0 Å². The van der Waals surface area contributed by atoms with Crippen LogP contribution in [0.5, 0.6) is 0 Å². The molecule has 2 heterocycles. The molecule has 0 unspecified atom stereocenters. The average Bonchev–Trinajstić information content (AvgIpc) is 3.09. The van der Waals surface area contributed by atoms with E-state index in [0.717, 1.165) is 15.8 Å². The first kappa shape index (κ1) is 14.0. The molecule has 2 aromatic heterocycles. The summed E-state index contributed by atoms with van der Waals surface area (Å²) in [6.45, 7) is 4.54. The Bertz CT molecular complexity index is 785. The van der Waals surface area contributed by atoms with E-state index >= 15 is 0 Å². The molecular formula is C14H13ClN4OS. The number of nitrogens with zero attached hydrogens (tertiary/aromatic N) is 3. The zero-order valence-corrected chi connectivity index (χ0v) is 13.1. The van der Waals surface area contributed by atoms with Crippen LogP contribution < -0.4 is 5.32 Å². The Kier molecular flexibility index (Phi) is 3.65. The second-order valence-corrected chi connectivity index (χ2v) is 5.95. The first-order valence-corrected chi connectivity index (χ1v) is 7.68. The molecule has 0 atom stereocenters. The van der Waals surface area contributed by atoms with E-state index in [1.54, 1.807) is 16.9 Å². The van der Waals surface area contributed by atoms with Crippen molar-refractivity contribution in [3.8, 4) is 0 Å². The maximum Gasteiger partial charge on any atom is 0.275 e. The van der Waals surface area contributed by atoms with Gasteiger partial charge in [-0.1, -0.05) is 29.0 Å². The number of aromatic nitrogens is 3. The molecule has 0 aliphatic rings. The number of fused-ring (bicyclic) bond motifs is 1. The van der Waals surface area contributed by atoms with Crippen LogP contribution in [0.1, 0.15) is 23.0 Å². The van der Waals surface area contributed by atoms with Crippen molar-refractivity contribution in [3.05, 3.63) is 40.7 Å². The molecule has 1 N–H and O–H groups in total. The first-order valence-electron chi connectivity index (χ1n) is 6.49. The molecule has 3 aromatic rings. The molecule has 1 amide bonds. The molecule has 0 radical (unpaired) electrons. The van der Waals surface area contributed by atoms with Gasteiger partial charge in [0.25, 0.3) is 5.91 Å². The Morgan fingerprint density at radius 2 is 2.24 bits per heavy atom. The number of nitrogens with one attached hydrogen (secondary N) is 1. The third kappa shape index (κ3) is 2.52. The fraction of sp³-hybridized carbons (Fsp3) is 0.214. The lowest BCUT2D eigenvalue weighted by molar-refractivity contribution is 0.101. The summed E-state index contributed by atoms with van der Waals surface area (Å²) in [4.78, 5) is 16.7. The van der Waals surface area contributed by atoms with Gasteiger partial charge < -0.3 is 0 Å². The number of hydrogen-bond donors (Lipinski definition) is 1. The van der Waals surface area contributed by atoms with Gasteiger partial charge in [-0.15, -0.1) is 0 Å². The molecule has 1 aromatic carbocycles. The van der Waals surface area contributed by atoms with Crippen LogP contribution in [0.15, 0.2) is 24.4 Å². The number of hydrogen-bond acceptors (Lipinski definition) is 4. The fourth-order valence-corrected chi connectivity index (χ4v) is 3.31. The van der Waals surface area contributed by atoms with Gasteiger partial charge in [-0.3, -0.25) is 14.8 Å². The lowest BCUT2D eigenvalue weighted by Gasteiger charge is -2.03. The maximum absolute atomic E-state index is 12.3. The monoisotopic (exact) mass is 320 g/mol. The Labute approximate surface area is 130 Å². The summed E-state index contributed by atoms with van der Waals surface area (Å²) in [5.41, 5.74) is 2.37. The van der Waals surface area contributed by atoms with Gasteiger partial charge in [-0.05, 0) is 31.5 Å². The van der Waals surface area contributed by atoms with E-state index in [4.69, 9.17) is 11.6 Å². The predicted molar refractivity (Wildman–Crippen MR) is 85.2 cm³/mol. The molecule has 0 spiro atoms. The smallest absolute Gasteiger partial charge is 0.275 e. The number of carbonyl (C=O) groups excluding carboxylic acids is 1. The molecule has 3 rings (SSSR count). The van der Waals surface area contributed by atoms with E-state index in [9.17, 15) is 4.79 Å². The minimum atomic E-state index is -0.220. The van der Waals surface area contributed by atoms with E-state index < -0.39 is 0 Å². The molecule has 108 valence electrons. The highest BCUT2D eigenvalue weighted by molar-refractivity contribution is 7.23. The SMILES string of the molecule is CCn1nccc1C(=O)Nc1nc2c(C)ccc(Cl)c2s1. The zero-order chi connectivity index (χ0) is 15.0. The highest BCUT2D eigenvalue weighted by atomic mass is 35.5. The van der Waals surface area contributed by atoms with Crippen LogP contribution in [0.2, 0.25) is 5.02 Å². The van der Waals surface area contributed by atoms with Gasteiger partial charge in [0.2, 0.25) is 0 Å². The molecule has 0 saturated carbocycles. The summed E-state index contributed by atoms with van der Waals surface area (Å²) in [5.74, 6) is -0.220. The van der Waals surface area contributed by atoms with Gasteiger partial charge in [-0.2, -0.15) is 5.10 Å². The standard InChI is InChI=1S/C14H13ClN4OS/c1-3-19-10(6-7-16-19)13(20)18-14-17-11-8(2)4-5-9(15)12(11)21-14/h4-7H,3H2,1-2H3,(H,17,18,20). The van der Waals surface area contributed by atoms with Crippen molar-refractivity contribution in [1.29, 1.82) is 0 Å². The van der Waals surface area contributed by atoms with Crippen molar-refractivity contribution in [2.45, 2.75) is 20.4 Å². The number of halogens is 1. The summed E-state index contributed by atoms with van der Waals surface area (Å²) < 4.78 is 2.52. The topological polar surface area (TPSA) is 59.8 Å². The Hall–Kier alpha value is -1.92. The van der Waals surface area contributed by atoms with Gasteiger partial charge in [-0.25, -0.2) is 4.98 Å². The second-order valence-electron chi connectivity index (χ2n) is 4.55. The van der Waals surface area contributed by atoms with E-state index in [1.807, 2.05) is 26.0 Å². The van der Waals surface area contributed by atoms with E-state index in [1.165, 1.54) is 11.3 Å². The van der Waals surface area contributed by atoms with Gasteiger partial charge in [0.05, 0.1) is 15.2 Å². The minimum Gasteiger partial charge on any atom is -0.296 e. The molecule has 0 aliphatic carbocycles. The first-order chi connectivity index (χ1) is 10.1. The molecule has 21 heavy (non-hydrogen) atoms. The molecule has 0 aliphatic heterocycles. The number of anilines is 1. The summed E-state index contributed by atoms with van der Waals surface area (Å²) >= 11 is 7.54. The Morgan fingerprint density at radius 1 is 1.43 bits per heavy atom. The van der Waals surface area contributed by atoms with Gasteiger partial charge >= 0.3 is 0 Å². The molecule has 0 fully saturated rings. The molecule has 0 saturated heterocycles. The highest BCUT2D eigenvalue weighted by Crippen LogP contribution is 2.33. The van der Waals surface area contributed by atoms with Crippen LogP contribution in [0.4, 0.5) is 5.13 Å². The number of benzene rings is 1. The quantitative estimate of drug-likeness (QED) is 0.800. The van der Waals surface area contributed by atoms with E-state index in [0.29, 0.717) is 22.4 Å². The minimum absolute atomic E-state index is 0.220. The zero-order valence-electron chi connectivity index (χ0n) is 11.6. The molecule has 0 bridgehead atoms. The van der Waals surface area contributed by atoms with Crippen molar-refractivity contribution in [1.82, 2.24) is 14.8 Å². The molecular weight excluding hydrogens is 308 g/mol. The van der Waals surface area contributed by atoms with Crippen molar-refractivity contribution in [3.63, 3.8) is 0 Å². The van der Waals surface area contributed by atoms with Gasteiger partial charge in [0, 0.05) is 12.7 Å². The van der Waals surface area contributed by atoms with E-state index in [-0.39, 0.29) is 5.91 Å². The highest BCUT2D eigenvalue weighted by Gasteiger charge is 2.15. The summed E-state index contributed by atoms with van der Waals surface area (Å²) in [6, 6.07) is 5.45. The fourth-order valence-electron chi connectivity index (χ4n) is 2.09. The van der Waals surface area contributed by atoms with Crippen LogP contribution in [0, 0.1) is 6.92 Å². The van der Waals surface area contributed by atoms with Crippen molar-refractivity contribution in [2.75, 3.05) is 5.32 Å². The van der Waals surface area contributed by atoms with Gasteiger partial charge in [0.1, 0.15) is 5.69 Å². The normalized spacial score (nSPS) is 11.0. The Morgan fingerprint density at radius 3 is 2.95 bits per heavy atom. The summed E-state index contributed by atoms with van der Waals surface area (Å²) in [6.07, 6.45) is 1.61. The predicted octanol–water partition coefficient (Wildman–Crippen LogP) is 3.73. The van der Waals surface area contributed by atoms with Crippen LogP contribution in [0.25, 0.3) is 10.2 Å². The summed E-state index contributed by atoms with van der Waals surface area (Å²) in [5, 5.41) is 8.08. The molecule has 7 heteroatoms. The lowest BCUT2D eigenvalue weighted by Crippen LogP contribution is -2.17. The number of aryl methyl sites for hydroxylation is 2. The summed E-state index contributed by atoms with van der Waals surface area (Å²) in [7, 11) is 0. The van der Waals surface area contributed by atoms with Crippen molar-refractivity contribution < 1.29 is 4.79 Å². The average molecular weight is 321 g/mol. The molecule has 5 nitrogen and oxygen atoms in total. The third-order valence-electron chi connectivity index (χ3n) is 3.17. The van der Waals surface area contributed by atoms with Crippen LogP contribution >= 0.6 is 22.9 Å².